The van der Waals surface area contributed by atoms with E-state index < -0.39 is 33.8 Å². The van der Waals surface area contributed by atoms with Gasteiger partial charge in [-0.1, -0.05) is 11.6 Å². The maximum atomic E-state index is 12.6. The zero-order valence-corrected chi connectivity index (χ0v) is 13.2. The Balaban J connectivity index is 2.41. The van der Waals surface area contributed by atoms with Crippen LogP contribution in [0.15, 0.2) is 41.4 Å². The van der Waals surface area contributed by atoms with Crippen molar-refractivity contribution in [1.82, 2.24) is 0 Å². The molecule has 11 heteroatoms. The number of rotatable bonds is 4. The number of amides is 1. The molecule has 26 heavy (non-hydrogen) atoms. The fourth-order valence-corrected chi connectivity index (χ4v) is 2.12. The summed E-state index contributed by atoms with van der Waals surface area (Å²) in [4.78, 5) is 34.7. The highest BCUT2D eigenvalue weighted by atomic mass is 35.5. The van der Waals surface area contributed by atoms with Gasteiger partial charge in [-0.15, -0.1) is 4.99 Å². The number of aliphatic imine (C=N–C) groups is 1. The fourth-order valence-electron chi connectivity index (χ4n) is 1.90. The maximum Gasteiger partial charge on any atom is 0.416 e. The predicted molar refractivity (Wildman–Crippen MR) is 82.1 cm³/mol. The van der Waals surface area contributed by atoms with E-state index in [1.165, 1.54) is 0 Å². The predicted octanol–water partition coefficient (Wildman–Crippen LogP) is 4.54. The molecule has 0 radical (unpaired) electrons. The van der Waals surface area contributed by atoms with Gasteiger partial charge in [0.1, 0.15) is 17.1 Å². The van der Waals surface area contributed by atoms with Crippen molar-refractivity contribution in [1.29, 1.82) is 0 Å². The normalized spacial score (nSPS) is 10.8. The molecule has 7 nitrogen and oxygen atoms in total. The number of hydrogen-bond acceptors (Lipinski definition) is 5. The van der Waals surface area contributed by atoms with Gasteiger partial charge in [0.2, 0.25) is 6.08 Å². The summed E-state index contributed by atoms with van der Waals surface area (Å²) in [5.74, 6) is -1.54. The highest BCUT2D eigenvalue weighted by Crippen LogP contribution is 2.37. The van der Waals surface area contributed by atoms with Crippen LogP contribution in [0.4, 0.5) is 18.9 Å². The summed E-state index contributed by atoms with van der Waals surface area (Å²) >= 11 is 5.75. The van der Waals surface area contributed by atoms with Crippen LogP contribution in [-0.2, 0) is 11.0 Å². The molecule has 0 N–H and O–H groups in total. The van der Waals surface area contributed by atoms with E-state index in [0.29, 0.717) is 6.07 Å². The van der Waals surface area contributed by atoms with Crippen LogP contribution in [0.25, 0.3) is 0 Å². The lowest BCUT2D eigenvalue weighted by atomic mass is 10.1. The second kappa shape index (κ2) is 7.34. The van der Waals surface area contributed by atoms with Gasteiger partial charge < -0.3 is 4.74 Å². The summed E-state index contributed by atoms with van der Waals surface area (Å²) in [6.45, 7) is 0. The first-order valence-corrected chi connectivity index (χ1v) is 6.96. The largest absolute Gasteiger partial charge is 0.456 e. The molecule has 2 rings (SSSR count). The van der Waals surface area contributed by atoms with E-state index >= 15 is 0 Å². The first-order valence-electron chi connectivity index (χ1n) is 6.58. The summed E-state index contributed by atoms with van der Waals surface area (Å²) in [6.07, 6.45) is -3.63. The van der Waals surface area contributed by atoms with Crippen LogP contribution >= 0.6 is 11.6 Å². The van der Waals surface area contributed by atoms with Gasteiger partial charge in [0.05, 0.1) is 15.5 Å². The minimum Gasteiger partial charge on any atom is -0.456 e. The van der Waals surface area contributed by atoms with Crippen molar-refractivity contribution in [2.24, 2.45) is 4.99 Å². The Bertz CT molecular complexity index is 939. The summed E-state index contributed by atoms with van der Waals surface area (Å²) in [5, 5.41) is 10.6. The Labute approximate surface area is 147 Å². The molecular formula is C15H6ClF3N2O5. The van der Waals surface area contributed by atoms with E-state index in [0.717, 1.165) is 36.4 Å². The third kappa shape index (κ3) is 4.24. The fraction of sp³-hybridized carbons (Fsp3) is 0.0667. The van der Waals surface area contributed by atoms with Crippen LogP contribution in [-0.4, -0.2) is 16.9 Å². The SMILES string of the molecule is O=C=NC(=O)c1cc(Oc2ccc(C(F)(F)F)cc2Cl)ccc1[N+](=O)[O-]. The van der Waals surface area contributed by atoms with Crippen molar-refractivity contribution in [3.8, 4) is 11.5 Å². The van der Waals surface area contributed by atoms with Crippen molar-refractivity contribution in [2.75, 3.05) is 0 Å². The van der Waals surface area contributed by atoms with Gasteiger partial charge in [-0.25, -0.2) is 4.79 Å². The highest BCUT2D eigenvalue weighted by Gasteiger charge is 2.31. The first kappa shape index (κ1) is 19.1. The monoisotopic (exact) mass is 386 g/mol. The summed E-state index contributed by atoms with van der Waals surface area (Å²) in [5.41, 5.74) is -2.19. The third-order valence-corrected chi connectivity index (χ3v) is 3.32. The number of nitro groups is 1. The van der Waals surface area contributed by atoms with Crippen LogP contribution < -0.4 is 4.74 Å². The molecule has 0 aliphatic carbocycles. The summed E-state index contributed by atoms with van der Waals surface area (Å²) in [7, 11) is 0. The Morgan fingerprint density at radius 3 is 2.46 bits per heavy atom. The van der Waals surface area contributed by atoms with Crippen molar-refractivity contribution >= 4 is 29.3 Å². The molecule has 1 amide bonds. The van der Waals surface area contributed by atoms with Gasteiger partial charge in [-0.05, 0) is 24.3 Å². The van der Waals surface area contributed by atoms with Crippen molar-refractivity contribution in [3.05, 3.63) is 62.7 Å². The highest BCUT2D eigenvalue weighted by molar-refractivity contribution is 6.32. The summed E-state index contributed by atoms with van der Waals surface area (Å²) in [6, 6.07) is 5.27. The first-order chi connectivity index (χ1) is 12.1. The van der Waals surface area contributed by atoms with Crippen LogP contribution in [0.2, 0.25) is 5.02 Å². The number of carbonyl (C=O) groups is 1. The number of benzene rings is 2. The molecule has 0 bridgehead atoms. The number of halogens is 4. The van der Waals surface area contributed by atoms with Gasteiger partial charge in [0.25, 0.3) is 11.6 Å². The molecule has 0 aliphatic rings. The topological polar surface area (TPSA) is 98.9 Å². The van der Waals surface area contributed by atoms with Crippen molar-refractivity contribution in [3.63, 3.8) is 0 Å². The number of nitro benzene ring substituents is 1. The summed E-state index contributed by atoms with van der Waals surface area (Å²) < 4.78 is 43.1. The molecule has 0 spiro atoms. The minimum absolute atomic E-state index is 0.137. The second-order valence-corrected chi connectivity index (χ2v) is 5.10. The van der Waals surface area contributed by atoms with Gasteiger partial charge in [0.15, 0.2) is 0 Å². The Kier molecular flexibility index (Phi) is 5.39. The Morgan fingerprint density at radius 2 is 1.92 bits per heavy atom. The number of nitrogens with zero attached hydrogens (tertiary/aromatic N) is 2. The van der Waals surface area contributed by atoms with Crippen LogP contribution in [0.3, 0.4) is 0 Å². The molecule has 0 aliphatic heterocycles. The van der Waals surface area contributed by atoms with E-state index in [1.54, 1.807) is 0 Å². The molecule has 0 aromatic heterocycles. The smallest absolute Gasteiger partial charge is 0.416 e. The van der Waals surface area contributed by atoms with Crippen LogP contribution in [0.5, 0.6) is 11.5 Å². The van der Waals surface area contributed by atoms with Crippen molar-refractivity contribution < 1.29 is 32.4 Å². The quantitative estimate of drug-likeness (QED) is 0.332. The number of carbonyl (C=O) groups excluding carboxylic acids is 2. The Morgan fingerprint density at radius 1 is 1.23 bits per heavy atom. The lowest BCUT2D eigenvalue weighted by molar-refractivity contribution is -0.385. The molecular weight excluding hydrogens is 381 g/mol. The van der Waals surface area contributed by atoms with E-state index in [2.05, 4.69) is 4.99 Å². The Hall–Kier alpha value is -3.23. The zero-order valence-electron chi connectivity index (χ0n) is 12.4. The molecule has 134 valence electrons. The van der Waals surface area contributed by atoms with Crippen LogP contribution in [0, 0.1) is 10.1 Å². The lowest BCUT2D eigenvalue weighted by Crippen LogP contribution is -2.04. The average molecular weight is 387 g/mol. The van der Waals surface area contributed by atoms with E-state index in [-0.39, 0.29) is 16.5 Å². The van der Waals surface area contributed by atoms with E-state index in [9.17, 15) is 32.9 Å². The number of ether oxygens (including phenoxy) is 1. The molecule has 0 unspecified atom stereocenters. The standard InChI is InChI=1S/C15H6ClF3N2O5/c16-11-5-8(15(17,18)19)1-4-13(11)26-9-2-3-12(21(24)25)10(6-9)14(23)20-7-22/h1-6H. The maximum absolute atomic E-state index is 12.6. The van der Waals surface area contributed by atoms with Gasteiger partial charge in [-0.3, -0.25) is 14.9 Å². The molecule has 2 aromatic rings. The molecule has 0 atom stereocenters. The number of alkyl halides is 3. The van der Waals surface area contributed by atoms with Gasteiger partial charge in [-0.2, -0.15) is 13.2 Å². The van der Waals surface area contributed by atoms with E-state index in [1.807, 2.05) is 0 Å². The average Bonchev–Trinajstić information content (AvgIpc) is 2.55. The molecule has 0 saturated heterocycles. The van der Waals surface area contributed by atoms with E-state index in [4.69, 9.17) is 16.3 Å². The molecule has 0 saturated carbocycles. The molecule has 0 heterocycles. The van der Waals surface area contributed by atoms with Crippen molar-refractivity contribution in [2.45, 2.75) is 6.18 Å². The number of isocyanates is 1. The zero-order chi connectivity index (χ0) is 19.5. The van der Waals surface area contributed by atoms with Crippen LogP contribution in [0.1, 0.15) is 15.9 Å². The van der Waals surface area contributed by atoms with Gasteiger partial charge in [0, 0.05) is 12.1 Å². The lowest BCUT2D eigenvalue weighted by Gasteiger charge is -2.11. The number of hydrogen-bond donors (Lipinski definition) is 0. The minimum atomic E-state index is -4.60. The molecule has 2 aromatic carbocycles. The third-order valence-electron chi connectivity index (χ3n) is 3.03. The second-order valence-electron chi connectivity index (χ2n) is 4.69. The molecule has 0 fully saturated rings. The van der Waals surface area contributed by atoms with Gasteiger partial charge >= 0.3 is 6.18 Å².